The summed E-state index contributed by atoms with van der Waals surface area (Å²) in [6.07, 6.45) is -2.89. The number of phenols is 1. The van der Waals surface area contributed by atoms with Crippen LogP contribution in [0.4, 0.5) is 13.2 Å². The number of alkyl halides is 3. The van der Waals surface area contributed by atoms with Gasteiger partial charge in [0.25, 0.3) is 0 Å². The minimum atomic E-state index is -4.38. The van der Waals surface area contributed by atoms with Crippen LogP contribution in [0, 0.1) is 0 Å². The van der Waals surface area contributed by atoms with Crippen LogP contribution >= 0.6 is 0 Å². The summed E-state index contributed by atoms with van der Waals surface area (Å²) < 4.78 is 43.6. The smallest absolute Gasteiger partial charge is 0.416 e. The van der Waals surface area contributed by atoms with Crippen molar-refractivity contribution in [3.8, 4) is 5.75 Å². The highest BCUT2D eigenvalue weighted by atomic mass is 19.4. The van der Waals surface area contributed by atoms with E-state index < -0.39 is 17.7 Å². The molecule has 1 atom stereocenters. The van der Waals surface area contributed by atoms with E-state index >= 15 is 0 Å². The van der Waals surface area contributed by atoms with Gasteiger partial charge >= 0.3 is 6.18 Å². The van der Waals surface area contributed by atoms with Crippen LogP contribution in [0.3, 0.4) is 0 Å². The summed E-state index contributed by atoms with van der Waals surface area (Å²) in [6.45, 7) is 0. The Balaban J connectivity index is 2.08. The fourth-order valence-corrected chi connectivity index (χ4v) is 2.55. The molecule has 0 aliphatic rings. The molecule has 23 heavy (non-hydrogen) atoms. The second kappa shape index (κ2) is 5.83. The number of phenolic OH excluding ortho intramolecular Hbond substituents is 1. The Morgan fingerprint density at radius 1 is 0.870 bits per heavy atom. The van der Waals surface area contributed by atoms with Crippen molar-refractivity contribution in [2.75, 3.05) is 0 Å². The maximum absolute atomic E-state index is 12.7. The Kier molecular flexibility index (Phi) is 3.86. The summed E-state index contributed by atoms with van der Waals surface area (Å²) in [5.41, 5.74) is 0.466. The zero-order valence-electron chi connectivity index (χ0n) is 11.9. The Bertz CT molecular complexity index is 775. The molecule has 0 saturated heterocycles. The van der Waals surface area contributed by atoms with Crippen LogP contribution in [-0.2, 0) is 6.18 Å². The third-order valence-electron chi connectivity index (χ3n) is 3.65. The van der Waals surface area contributed by atoms with Crippen molar-refractivity contribution in [3.05, 3.63) is 89.4 Å². The standard InChI is InChI=1S/C18H13F3O2/c19-18(20,21)13-9-7-12(8-10-13)17(16-6-3-11-23-16)14-4-1-2-5-15(14)22/h1-11,17,22H/t17-/m1/s1. The predicted octanol–water partition coefficient (Wildman–Crippen LogP) is 5.18. The number of para-hydroxylation sites is 1. The van der Waals surface area contributed by atoms with Crippen molar-refractivity contribution < 1.29 is 22.7 Å². The largest absolute Gasteiger partial charge is 0.508 e. The lowest BCUT2D eigenvalue weighted by atomic mass is 9.88. The number of benzene rings is 2. The van der Waals surface area contributed by atoms with E-state index in [9.17, 15) is 18.3 Å². The number of furan rings is 1. The predicted molar refractivity (Wildman–Crippen MR) is 79.2 cm³/mol. The van der Waals surface area contributed by atoms with E-state index in [2.05, 4.69) is 0 Å². The molecule has 0 saturated carbocycles. The van der Waals surface area contributed by atoms with Gasteiger partial charge in [0.15, 0.2) is 0 Å². The van der Waals surface area contributed by atoms with Crippen LogP contribution in [0.25, 0.3) is 0 Å². The minimum absolute atomic E-state index is 0.0637. The van der Waals surface area contributed by atoms with Gasteiger partial charge in [0.1, 0.15) is 11.5 Å². The molecule has 118 valence electrons. The number of hydrogen-bond donors (Lipinski definition) is 1. The normalized spacial score (nSPS) is 13.0. The van der Waals surface area contributed by atoms with Crippen molar-refractivity contribution in [3.63, 3.8) is 0 Å². The van der Waals surface area contributed by atoms with Gasteiger partial charge in [-0.15, -0.1) is 0 Å². The molecule has 1 heterocycles. The highest BCUT2D eigenvalue weighted by Gasteiger charge is 2.31. The first-order chi connectivity index (χ1) is 11.0. The summed E-state index contributed by atoms with van der Waals surface area (Å²) in [7, 11) is 0. The summed E-state index contributed by atoms with van der Waals surface area (Å²) in [6, 6.07) is 15.0. The molecule has 0 radical (unpaired) electrons. The SMILES string of the molecule is Oc1ccccc1[C@@H](c1ccc(C(F)(F)F)cc1)c1ccco1. The molecule has 2 aromatic carbocycles. The highest BCUT2D eigenvalue weighted by Crippen LogP contribution is 2.38. The van der Waals surface area contributed by atoms with Crippen molar-refractivity contribution in [1.82, 2.24) is 0 Å². The van der Waals surface area contributed by atoms with Gasteiger partial charge in [-0.3, -0.25) is 0 Å². The number of halogens is 3. The van der Waals surface area contributed by atoms with Gasteiger partial charge in [-0.1, -0.05) is 30.3 Å². The first-order valence-corrected chi connectivity index (χ1v) is 6.95. The van der Waals surface area contributed by atoms with E-state index in [-0.39, 0.29) is 5.75 Å². The van der Waals surface area contributed by atoms with E-state index in [0.717, 1.165) is 12.1 Å². The van der Waals surface area contributed by atoms with E-state index in [1.54, 1.807) is 30.3 Å². The van der Waals surface area contributed by atoms with Gasteiger partial charge in [-0.05, 0) is 35.9 Å². The lowest BCUT2D eigenvalue weighted by molar-refractivity contribution is -0.137. The third-order valence-corrected chi connectivity index (χ3v) is 3.65. The summed E-state index contributed by atoms with van der Waals surface area (Å²) in [4.78, 5) is 0. The van der Waals surface area contributed by atoms with Crippen molar-refractivity contribution >= 4 is 0 Å². The zero-order chi connectivity index (χ0) is 16.4. The second-order valence-electron chi connectivity index (χ2n) is 5.13. The van der Waals surface area contributed by atoms with Crippen molar-refractivity contribution in [2.45, 2.75) is 12.1 Å². The molecular weight excluding hydrogens is 305 g/mol. The van der Waals surface area contributed by atoms with E-state index in [4.69, 9.17) is 4.42 Å². The molecule has 2 nitrogen and oxygen atoms in total. The Morgan fingerprint density at radius 3 is 2.13 bits per heavy atom. The monoisotopic (exact) mass is 318 g/mol. The number of hydrogen-bond acceptors (Lipinski definition) is 2. The van der Waals surface area contributed by atoms with Gasteiger partial charge in [0.05, 0.1) is 17.7 Å². The Labute approximate surface area is 130 Å². The van der Waals surface area contributed by atoms with Crippen molar-refractivity contribution in [1.29, 1.82) is 0 Å². The molecule has 1 N–H and O–H groups in total. The highest BCUT2D eigenvalue weighted by molar-refractivity contribution is 5.46. The molecule has 0 bridgehead atoms. The van der Waals surface area contributed by atoms with E-state index in [1.807, 2.05) is 0 Å². The second-order valence-corrected chi connectivity index (χ2v) is 5.13. The molecule has 0 aliphatic carbocycles. The summed E-state index contributed by atoms with van der Waals surface area (Å²) in [5, 5.41) is 10.1. The molecule has 0 spiro atoms. The molecule has 3 rings (SSSR count). The fourth-order valence-electron chi connectivity index (χ4n) is 2.55. The van der Waals surface area contributed by atoms with E-state index in [0.29, 0.717) is 16.9 Å². The van der Waals surface area contributed by atoms with Crippen LogP contribution in [0.1, 0.15) is 28.4 Å². The molecule has 0 fully saturated rings. The number of rotatable bonds is 3. The topological polar surface area (TPSA) is 33.4 Å². The van der Waals surface area contributed by atoms with Crippen LogP contribution in [0.15, 0.2) is 71.3 Å². The Hall–Kier alpha value is -2.69. The molecule has 5 heteroatoms. The van der Waals surface area contributed by atoms with Crippen LogP contribution in [0.5, 0.6) is 5.75 Å². The molecular formula is C18H13F3O2. The lowest BCUT2D eigenvalue weighted by Gasteiger charge is -2.18. The molecule has 0 unspecified atom stereocenters. The first kappa shape index (κ1) is 15.2. The Morgan fingerprint density at radius 2 is 1.57 bits per heavy atom. The summed E-state index contributed by atoms with van der Waals surface area (Å²) in [5.74, 6) is 0.133. The van der Waals surface area contributed by atoms with Crippen molar-refractivity contribution in [2.24, 2.45) is 0 Å². The molecule has 1 aromatic heterocycles. The molecule has 3 aromatic rings. The maximum atomic E-state index is 12.7. The molecule has 0 amide bonds. The van der Waals surface area contributed by atoms with Gasteiger partial charge in [0.2, 0.25) is 0 Å². The average molecular weight is 318 g/mol. The minimum Gasteiger partial charge on any atom is -0.508 e. The van der Waals surface area contributed by atoms with Gasteiger partial charge in [-0.25, -0.2) is 0 Å². The summed E-state index contributed by atoms with van der Waals surface area (Å²) >= 11 is 0. The van der Waals surface area contributed by atoms with Gasteiger partial charge in [0, 0.05) is 5.56 Å². The third kappa shape index (κ3) is 3.08. The van der Waals surface area contributed by atoms with Gasteiger partial charge < -0.3 is 9.52 Å². The van der Waals surface area contributed by atoms with E-state index in [1.165, 1.54) is 24.5 Å². The molecule has 0 aliphatic heterocycles. The number of aromatic hydroxyl groups is 1. The van der Waals surface area contributed by atoms with Crippen LogP contribution in [-0.4, -0.2) is 5.11 Å². The maximum Gasteiger partial charge on any atom is 0.416 e. The van der Waals surface area contributed by atoms with Crippen LogP contribution in [0.2, 0.25) is 0 Å². The quantitative estimate of drug-likeness (QED) is 0.721. The zero-order valence-corrected chi connectivity index (χ0v) is 11.9. The first-order valence-electron chi connectivity index (χ1n) is 6.95. The fraction of sp³-hybridized carbons (Fsp3) is 0.111. The average Bonchev–Trinajstić information content (AvgIpc) is 3.03. The lowest BCUT2D eigenvalue weighted by Crippen LogP contribution is -2.07. The van der Waals surface area contributed by atoms with Crippen LogP contribution < -0.4 is 0 Å². The van der Waals surface area contributed by atoms with Gasteiger partial charge in [-0.2, -0.15) is 13.2 Å².